The fourth-order valence-corrected chi connectivity index (χ4v) is 3.10. The first-order valence-electron chi connectivity index (χ1n) is 9.11. The summed E-state index contributed by atoms with van der Waals surface area (Å²) in [6, 6.07) is 17.6. The molecule has 0 unspecified atom stereocenters. The first-order valence-corrected chi connectivity index (χ1v) is 9.11. The third-order valence-electron chi connectivity index (χ3n) is 4.77. The van der Waals surface area contributed by atoms with Gasteiger partial charge >= 0.3 is 0 Å². The van der Waals surface area contributed by atoms with Crippen LogP contribution in [0.1, 0.15) is 27.3 Å². The number of fused-ring (bicyclic) bond motifs is 1. The largest absolute Gasteiger partial charge is 0.379 e. The molecule has 0 saturated heterocycles. The van der Waals surface area contributed by atoms with Crippen molar-refractivity contribution in [2.45, 2.75) is 20.4 Å². The summed E-state index contributed by atoms with van der Waals surface area (Å²) in [4.78, 5) is 17.0. The molecule has 0 aliphatic heterocycles. The van der Waals surface area contributed by atoms with Crippen LogP contribution in [0, 0.1) is 13.8 Å². The van der Waals surface area contributed by atoms with Crippen LogP contribution in [-0.4, -0.2) is 21.1 Å². The molecule has 0 fully saturated rings. The van der Waals surface area contributed by atoms with Crippen molar-refractivity contribution in [3.8, 4) is 0 Å². The minimum atomic E-state index is -0.257. The maximum atomic E-state index is 12.7. The lowest BCUT2D eigenvalue weighted by Crippen LogP contribution is -2.15. The zero-order valence-electron chi connectivity index (χ0n) is 15.8. The Hall–Kier alpha value is -3.67. The number of rotatable bonds is 5. The van der Waals surface area contributed by atoms with E-state index >= 15 is 0 Å². The van der Waals surface area contributed by atoms with Gasteiger partial charge in [0.15, 0.2) is 0 Å². The summed E-state index contributed by atoms with van der Waals surface area (Å²) in [6.07, 6.45) is 1.61. The highest BCUT2D eigenvalue weighted by molar-refractivity contribution is 6.06. The predicted octanol–water partition coefficient (Wildman–Crippen LogP) is 4.44. The van der Waals surface area contributed by atoms with Crippen LogP contribution in [0.25, 0.3) is 10.9 Å². The number of anilines is 2. The van der Waals surface area contributed by atoms with Crippen molar-refractivity contribution in [2.75, 3.05) is 10.6 Å². The molecule has 0 radical (unpaired) electrons. The Morgan fingerprint density at radius 3 is 2.61 bits per heavy atom. The molecule has 0 bridgehead atoms. The average Bonchev–Trinajstić information content (AvgIpc) is 3.08. The molecule has 0 saturated carbocycles. The second kappa shape index (κ2) is 7.52. The monoisotopic (exact) mass is 371 g/mol. The minimum Gasteiger partial charge on any atom is -0.379 e. The van der Waals surface area contributed by atoms with Gasteiger partial charge in [-0.1, -0.05) is 36.4 Å². The minimum absolute atomic E-state index is 0.257. The fraction of sp³-hybridized carbons (Fsp3) is 0.136. The molecule has 0 atom stereocenters. The summed E-state index contributed by atoms with van der Waals surface area (Å²) in [5.41, 5.74) is 6.02. The number of nitrogens with one attached hydrogen (secondary N) is 3. The van der Waals surface area contributed by atoms with Crippen LogP contribution in [0.15, 0.2) is 60.8 Å². The number of para-hydroxylation sites is 2. The number of hydrogen-bond donors (Lipinski definition) is 3. The van der Waals surface area contributed by atoms with Gasteiger partial charge in [0, 0.05) is 17.6 Å². The van der Waals surface area contributed by atoms with Crippen LogP contribution in [0.2, 0.25) is 0 Å². The Balaban J connectivity index is 1.53. The second-order valence-corrected chi connectivity index (χ2v) is 6.72. The fourth-order valence-electron chi connectivity index (χ4n) is 3.10. The van der Waals surface area contributed by atoms with Crippen LogP contribution in [0.5, 0.6) is 0 Å². The molecule has 2 heterocycles. The van der Waals surface area contributed by atoms with Crippen molar-refractivity contribution >= 4 is 28.2 Å². The van der Waals surface area contributed by atoms with E-state index in [0.717, 1.165) is 22.3 Å². The SMILES string of the molecule is Cc1ccccc1CNc1ccccc1NC(=O)c1cc2c(C)[nH]nc2cn1. The van der Waals surface area contributed by atoms with Gasteiger partial charge in [0.05, 0.1) is 17.6 Å². The molecule has 6 heteroatoms. The van der Waals surface area contributed by atoms with Crippen LogP contribution in [-0.2, 0) is 6.54 Å². The van der Waals surface area contributed by atoms with Gasteiger partial charge in [-0.25, -0.2) is 4.98 Å². The molecule has 1 amide bonds. The number of hydrogen-bond acceptors (Lipinski definition) is 4. The van der Waals surface area contributed by atoms with E-state index < -0.39 is 0 Å². The van der Waals surface area contributed by atoms with E-state index in [0.29, 0.717) is 17.9 Å². The maximum Gasteiger partial charge on any atom is 0.274 e. The van der Waals surface area contributed by atoms with E-state index in [1.54, 1.807) is 12.3 Å². The Morgan fingerprint density at radius 1 is 1.04 bits per heavy atom. The topological polar surface area (TPSA) is 82.7 Å². The van der Waals surface area contributed by atoms with Crippen molar-refractivity contribution in [1.82, 2.24) is 15.2 Å². The quantitative estimate of drug-likeness (QED) is 0.484. The highest BCUT2D eigenvalue weighted by Crippen LogP contribution is 2.23. The molecule has 0 spiro atoms. The number of benzene rings is 2. The van der Waals surface area contributed by atoms with E-state index in [1.165, 1.54) is 11.1 Å². The molecular formula is C22H21N5O. The van der Waals surface area contributed by atoms with E-state index in [4.69, 9.17) is 0 Å². The van der Waals surface area contributed by atoms with Gasteiger partial charge in [0.2, 0.25) is 0 Å². The molecule has 140 valence electrons. The van der Waals surface area contributed by atoms with Gasteiger partial charge in [-0.3, -0.25) is 9.89 Å². The number of pyridine rings is 1. The standard InChI is InChI=1S/C22H21N5O/c1-14-7-3-4-8-16(14)12-23-18-9-5-6-10-19(18)25-22(28)20-11-17-15(2)26-27-21(17)13-24-20/h3-11,13,23H,12H2,1-2H3,(H,25,28)(H,26,27). The number of aromatic nitrogens is 3. The third-order valence-corrected chi connectivity index (χ3v) is 4.77. The molecule has 2 aromatic heterocycles. The normalized spacial score (nSPS) is 10.8. The number of carbonyl (C=O) groups excluding carboxylic acids is 1. The summed E-state index contributed by atoms with van der Waals surface area (Å²) in [5.74, 6) is -0.257. The number of H-pyrrole nitrogens is 1. The molecular weight excluding hydrogens is 350 g/mol. The molecule has 3 N–H and O–H groups in total. The van der Waals surface area contributed by atoms with Gasteiger partial charge in [-0.05, 0) is 43.2 Å². The van der Waals surface area contributed by atoms with Crippen LogP contribution < -0.4 is 10.6 Å². The summed E-state index contributed by atoms with van der Waals surface area (Å²) < 4.78 is 0. The smallest absolute Gasteiger partial charge is 0.274 e. The summed E-state index contributed by atoms with van der Waals surface area (Å²) >= 11 is 0. The van der Waals surface area contributed by atoms with Gasteiger partial charge in [-0.15, -0.1) is 0 Å². The Bertz CT molecular complexity index is 1150. The Morgan fingerprint density at radius 2 is 1.79 bits per heavy atom. The van der Waals surface area contributed by atoms with E-state index in [-0.39, 0.29) is 5.91 Å². The Labute approximate surface area is 163 Å². The van der Waals surface area contributed by atoms with Crippen molar-refractivity contribution in [3.63, 3.8) is 0 Å². The zero-order chi connectivity index (χ0) is 19.5. The zero-order valence-corrected chi connectivity index (χ0v) is 15.8. The van der Waals surface area contributed by atoms with Gasteiger partial charge in [0.25, 0.3) is 5.91 Å². The van der Waals surface area contributed by atoms with Crippen molar-refractivity contribution in [3.05, 3.63) is 83.3 Å². The van der Waals surface area contributed by atoms with Gasteiger partial charge < -0.3 is 10.6 Å². The van der Waals surface area contributed by atoms with Crippen LogP contribution in [0.3, 0.4) is 0 Å². The first-order chi connectivity index (χ1) is 13.6. The first kappa shape index (κ1) is 17.7. The van der Waals surface area contributed by atoms with E-state index in [2.05, 4.69) is 44.9 Å². The van der Waals surface area contributed by atoms with Crippen LogP contribution >= 0.6 is 0 Å². The lowest BCUT2D eigenvalue weighted by Gasteiger charge is -2.14. The third kappa shape index (κ3) is 3.57. The van der Waals surface area contributed by atoms with Gasteiger partial charge in [-0.2, -0.15) is 5.10 Å². The highest BCUT2D eigenvalue weighted by atomic mass is 16.1. The van der Waals surface area contributed by atoms with Crippen molar-refractivity contribution in [2.24, 2.45) is 0 Å². The van der Waals surface area contributed by atoms with Crippen LogP contribution in [0.4, 0.5) is 11.4 Å². The van der Waals surface area contributed by atoms with E-state index in [1.807, 2.05) is 43.3 Å². The molecule has 0 aliphatic carbocycles. The second-order valence-electron chi connectivity index (χ2n) is 6.72. The average molecular weight is 371 g/mol. The van der Waals surface area contributed by atoms with Crippen molar-refractivity contribution in [1.29, 1.82) is 0 Å². The molecule has 4 rings (SSSR count). The predicted molar refractivity (Wildman–Crippen MR) is 112 cm³/mol. The number of amides is 1. The lowest BCUT2D eigenvalue weighted by molar-refractivity contribution is 0.102. The number of nitrogens with zero attached hydrogens (tertiary/aromatic N) is 2. The molecule has 0 aliphatic rings. The molecule has 4 aromatic rings. The Kier molecular flexibility index (Phi) is 4.76. The summed E-state index contributed by atoms with van der Waals surface area (Å²) in [6.45, 7) is 4.68. The van der Waals surface area contributed by atoms with E-state index in [9.17, 15) is 4.79 Å². The summed E-state index contributed by atoms with van der Waals surface area (Å²) in [7, 11) is 0. The number of aromatic amines is 1. The molecule has 28 heavy (non-hydrogen) atoms. The molecule has 6 nitrogen and oxygen atoms in total. The molecule has 2 aromatic carbocycles. The maximum absolute atomic E-state index is 12.7. The van der Waals surface area contributed by atoms with Crippen molar-refractivity contribution < 1.29 is 4.79 Å². The number of aryl methyl sites for hydroxylation is 2. The lowest BCUT2D eigenvalue weighted by atomic mass is 10.1. The number of carbonyl (C=O) groups is 1. The summed E-state index contributed by atoms with van der Waals surface area (Å²) in [5, 5.41) is 14.3. The van der Waals surface area contributed by atoms with Gasteiger partial charge in [0.1, 0.15) is 11.2 Å². The highest BCUT2D eigenvalue weighted by Gasteiger charge is 2.13.